The van der Waals surface area contributed by atoms with Gasteiger partial charge in [-0.15, -0.1) is 0 Å². The van der Waals surface area contributed by atoms with Gasteiger partial charge in [0.05, 0.1) is 0 Å². The molecule has 2 aliphatic carbocycles. The first-order valence-corrected chi connectivity index (χ1v) is 12.1. The minimum absolute atomic E-state index is 0.00162. The third-order valence-corrected chi connectivity index (χ3v) is 7.83. The SMILES string of the molecule is CCC1(C(=O)O)CCCN1C(=O)[C@H]1C[C@H]1CNC(=O)OCC1c2ccccc2-c2ccccc21. The highest BCUT2D eigenvalue weighted by molar-refractivity contribution is 5.90. The maximum absolute atomic E-state index is 13.0. The third-order valence-electron chi connectivity index (χ3n) is 7.83. The zero-order valence-electron chi connectivity index (χ0n) is 19.3. The first-order valence-electron chi connectivity index (χ1n) is 12.1. The van der Waals surface area contributed by atoms with Crippen molar-refractivity contribution in [2.45, 2.75) is 44.1 Å². The number of carbonyl (C=O) groups excluding carboxylic acids is 2. The summed E-state index contributed by atoms with van der Waals surface area (Å²) in [5.74, 6) is -1.22. The number of alkyl carbamates (subject to hydrolysis) is 1. The van der Waals surface area contributed by atoms with Crippen LogP contribution in [0.2, 0.25) is 0 Å². The van der Waals surface area contributed by atoms with Crippen molar-refractivity contribution < 1.29 is 24.2 Å². The van der Waals surface area contributed by atoms with Crippen molar-refractivity contribution in [2.24, 2.45) is 11.8 Å². The lowest BCUT2D eigenvalue weighted by Gasteiger charge is -2.34. The van der Waals surface area contributed by atoms with Crippen LogP contribution in [-0.4, -0.2) is 53.2 Å². The highest BCUT2D eigenvalue weighted by atomic mass is 16.5. The molecule has 2 fully saturated rings. The van der Waals surface area contributed by atoms with Crippen molar-refractivity contribution in [1.82, 2.24) is 10.2 Å². The molecule has 2 aromatic carbocycles. The Morgan fingerprint density at radius 1 is 1.09 bits per heavy atom. The highest BCUT2D eigenvalue weighted by Crippen LogP contribution is 2.45. The van der Waals surface area contributed by atoms with E-state index in [4.69, 9.17) is 4.74 Å². The van der Waals surface area contributed by atoms with Gasteiger partial charge in [-0.1, -0.05) is 55.5 Å². The van der Waals surface area contributed by atoms with Crippen molar-refractivity contribution in [3.05, 3.63) is 59.7 Å². The van der Waals surface area contributed by atoms with E-state index in [1.807, 2.05) is 31.2 Å². The number of nitrogens with one attached hydrogen (secondary N) is 1. The standard InChI is InChI=1S/C27H30N2O5/c1-2-27(25(31)32)12-7-13-29(27)24(30)22-14-17(22)15-28-26(33)34-16-23-20-10-5-3-8-18(20)19-9-4-6-11-21(19)23/h3-6,8-11,17,22-23H,2,7,12-16H2,1H3,(H,28,33)(H,31,32)/t17-,22-,27?/m0/s1. The molecular formula is C27H30N2O5. The number of hydrogen-bond acceptors (Lipinski definition) is 4. The van der Waals surface area contributed by atoms with Crippen LogP contribution >= 0.6 is 0 Å². The molecule has 2 N–H and O–H groups in total. The molecule has 3 aliphatic rings. The number of benzene rings is 2. The molecule has 7 heteroatoms. The van der Waals surface area contributed by atoms with E-state index in [1.54, 1.807) is 4.90 Å². The molecule has 34 heavy (non-hydrogen) atoms. The number of hydrogen-bond donors (Lipinski definition) is 2. The minimum atomic E-state index is -1.08. The van der Waals surface area contributed by atoms with Gasteiger partial charge in [-0.05, 0) is 53.9 Å². The van der Waals surface area contributed by atoms with Crippen molar-refractivity contribution >= 4 is 18.0 Å². The van der Waals surface area contributed by atoms with Crippen LogP contribution in [-0.2, 0) is 14.3 Å². The van der Waals surface area contributed by atoms with Crippen LogP contribution in [0.15, 0.2) is 48.5 Å². The topological polar surface area (TPSA) is 95.9 Å². The van der Waals surface area contributed by atoms with Crippen molar-refractivity contribution in [3.8, 4) is 11.1 Å². The molecule has 1 unspecified atom stereocenters. The number of rotatable bonds is 7. The summed E-state index contributed by atoms with van der Waals surface area (Å²) in [7, 11) is 0. The zero-order chi connectivity index (χ0) is 23.9. The molecule has 1 heterocycles. The number of aliphatic carboxylic acids is 1. The lowest BCUT2D eigenvalue weighted by atomic mass is 9.92. The van der Waals surface area contributed by atoms with E-state index < -0.39 is 17.6 Å². The molecular weight excluding hydrogens is 432 g/mol. The van der Waals surface area contributed by atoms with Gasteiger partial charge in [0.1, 0.15) is 12.1 Å². The number of fused-ring (bicyclic) bond motifs is 3. The van der Waals surface area contributed by atoms with E-state index in [1.165, 1.54) is 11.1 Å². The molecule has 1 saturated carbocycles. The lowest BCUT2D eigenvalue weighted by molar-refractivity contribution is -0.157. The average molecular weight is 463 g/mol. The molecule has 0 radical (unpaired) electrons. The smallest absolute Gasteiger partial charge is 0.407 e. The maximum Gasteiger partial charge on any atom is 0.407 e. The summed E-state index contributed by atoms with van der Waals surface area (Å²) in [6, 6.07) is 16.4. The van der Waals surface area contributed by atoms with Gasteiger partial charge in [0.2, 0.25) is 5.91 Å². The second-order valence-electron chi connectivity index (χ2n) is 9.59. The Morgan fingerprint density at radius 3 is 2.35 bits per heavy atom. The molecule has 7 nitrogen and oxygen atoms in total. The van der Waals surface area contributed by atoms with E-state index in [-0.39, 0.29) is 30.3 Å². The van der Waals surface area contributed by atoms with Crippen molar-refractivity contribution in [3.63, 3.8) is 0 Å². The number of ether oxygens (including phenoxy) is 1. The molecule has 1 aliphatic heterocycles. The van der Waals surface area contributed by atoms with Crippen LogP contribution in [0.3, 0.4) is 0 Å². The fraction of sp³-hybridized carbons (Fsp3) is 0.444. The number of nitrogens with zero attached hydrogens (tertiary/aromatic N) is 1. The predicted octanol–water partition coefficient (Wildman–Crippen LogP) is 4.02. The first-order chi connectivity index (χ1) is 16.5. The van der Waals surface area contributed by atoms with Gasteiger partial charge >= 0.3 is 12.1 Å². The van der Waals surface area contributed by atoms with Gasteiger partial charge in [0.15, 0.2) is 0 Å². The lowest BCUT2D eigenvalue weighted by Crippen LogP contribution is -2.53. The third kappa shape index (κ3) is 3.73. The van der Waals surface area contributed by atoms with Crippen LogP contribution in [0.5, 0.6) is 0 Å². The summed E-state index contributed by atoms with van der Waals surface area (Å²) in [5, 5.41) is 12.5. The Bertz CT molecular complexity index is 1090. The Hall–Kier alpha value is -3.35. The fourth-order valence-electron chi connectivity index (χ4n) is 5.78. The highest BCUT2D eigenvalue weighted by Gasteiger charge is 2.54. The van der Waals surface area contributed by atoms with E-state index in [0.29, 0.717) is 38.8 Å². The van der Waals surface area contributed by atoms with Crippen molar-refractivity contribution in [1.29, 1.82) is 0 Å². The molecule has 3 atom stereocenters. The largest absolute Gasteiger partial charge is 0.479 e. The maximum atomic E-state index is 13.0. The predicted molar refractivity (Wildman–Crippen MR) is 126 cm³/mol. The minimum Gasteiger partial charge on any atom is -0.479 e. The van der Waals surface area contributed by atoms with E-state index in [9.17, 15) is 19.5 Å². The number of carboxylic acids is 1. The molecule has 2 amide bonds. The summed E-state index contributed by atoms with van der Waals surface area (Å²) in [6.45, 7) is 2.91. The van der Waals surface area contributed by atoms with Crippen LogP contribution in [0, 0.1) is 11.8 Å². The van der Waals surface area contributed by atoms with Gasteiger partial charge < -0.3 is 20.1 Å². The van der Waals surface area contributed by atoms with Crippen LogP contribution in [0.1, 0.15) is 49.7 Å². The van der Waals surface area contributed by atoms with Crippen LogP contribution < -0.4 is 5.32 Å². The number of likely N-dealkylation sites (tertiary alicyclic amines) is 1. The average Bonchev–Trinajstić information content (AvgIpc) is 3.37. The number of amides is 2. The monoisotopic (exact) mass is 462 g/mol. The number of carboxylic acid groups (broad SMARTS) is 1. The van der Waals surface area contributed by atoms with Gasteiger partial charge in [0, 0.05) is 24.9 Å². The summed E-state index contributed by atoms with van der Waals surface area (Å²) >= 11 is 0. The molecule has 1 saturated heterocycles. The zero-order valence-corrected chi connectivity index (χ0v) is 19.3. The molecule has 0 spiro atoms. The summed E-state index contributed by atoms with van der Waals surface area (Å²) in [5.41, 5.74) is 3.60. The fourth-order valence-corrected chi connectivity index (χ4v) is 5.78. The Balaban J connectivity index is 1.14. The molecule has 2 aromatic rings. The van der Waals surface area contributed by atoms with Crippen LogP contribution in [0.4, 0.5) is 4.79 Å². The van der Waals surface area contributed by atoms with E-state index in [0.717, 1.165) is 11.1 Å². The summed E-state index contributed by atoms with van der Waals surface area (Å²) in [4.78, 5) is 38.9. The Kier molecular flexibility index (Phi) is 5.80. The quantitative estimate of drug-likeness (QED) is 0.648. The van der Waals surface area contributed by atoms with E-state index in [2.05, 4.69) is 29.6 Å². The van der Waals surface area contributed by atoms with Crippen molar-refractivity contribution in [2.75, 3.05) is 19.7 Å². The molecule has 178 valence electrons. The number of carbonyl (C=O) groups is 3. The normalized spacial score (nSPS) is 24.9. The summed E-state index contributed by atoms with van der Waals surface area (Å²) < 4.78 is 5.57. The van der Waals surface area contributed by atoms with E-state index >= 15 is 0 Å². The van der Waals surface area contributed by atoms with Gasteiger partial charge in [-0.2, -0.15) is 0 Å². The molecule has 0 bridgehead atoms. The Labute approximate surface area is 199 Å². The Morgan fingerprint density at radius 2 is 1.74 bits per heavy atom. The van der Waals surface area contributed by atoms with Crippen LogP contribution in [0.25, 0.3) is 11.1 Å². The second kappa shape index (κ2) is 8.78. The van der Waals surface area contributed by atoms with Gasteiger partial charge in [0.25, 0.3) is 0 Å². The second-order valence-corrected chi connectivity index (χ2v) is 9.59. The first kappa shape index (κ1) is 22.4. The van der Waals surface area contributed by atoms with Gasteiger partial charge in [-0.3, -0.25) is 4.79 Å². The van der Waals surface area contributed by atoms with Gasteiger partial charge in [-0.25, -0.2) is 9.59 Å². The molecule has 5 rings (SSSR count). The molecule has 0 aromatic heterocycles. The summed E-state index contributed by atoms with van der Waals surface area (Å²) in [6.07, 6.45) is 1.79.